The number of esters is 2. The van der Waals surface area contributed by atoms with Gasteiger partial charge in [0, 0.05) is 5.56 Å². The summed E-state index contributed by atoms with van der Waals surface area (Å²) in [5, 5.41) is 0. The van der Waals surface area contributed by atoms with Crippen molar-refractivity contribution >= 4 is 29.4 Å². The van der Waals surface area contributed by atoms with Gasteiger partial charge in [0.2, 0.25) is 11.5 Å². The molecule has 0 aromatic heterocycles. The minimum absolute atomic E-state index is 0.0401. The minimum Gasteiger partial charge on any atom is -0.456 e. The first-order chi connectivity index (χ1) is 19.8. The third kappa shape index (κ3) is 5.72. The molecule has 1 saturated carbocycles. The maximum Gasteiger partial charge on any atom is 0.344 e. The molecule has 1 amide bonds. The molecule has 5 rings (SSSR count). The standard InChI is InChI=1S/C34H40N2O6/c1-32(2,3)41-29(37)26-27(30(38)42-33(4,5)6)34(40-28(26)35-23-17-11-8-12-18-23)24-19-13-14-20-25(24)36(31(34)39)21-22-15-9-7-10-16-22/h7,9-10,13-16,19-20,23H,8,11-12,17-18,21H2,1-6H3. The van der Waals surface area contributed by atoms with Crippen molar-refractivity contribution in [1.29, 1.82) is 0 Å². The smallest absolute Gasteiger partial charge is 0.344 e. The lowest BCUT2D eigenvalue weighted by atomic mass is 9.85. The molecule has 42 heavy (non-hydrogen) atoms. The highest BCUT2D eigenvalue weighted by atomic mass is 16.6. The summed E-state index contributed by atoms with van der Waals surface area (Å²) in [7, 11) is 0. The number of rotatable bonds is 5. The average Bonchev–Trinajstić information content (AvgIpc) is 3.37. The third-order valence-corrected chi connectivity index (χ3v) is 7.45. The van der Waals surface area contributed by atoms with E-state index in [-0.39, 0.29) is 29.6 Å². The molecule has 2 heterocycles. The predicted octanol–water partition coefficient (Wildman–Crippen LogP) is 6.17. The van der Waals surface area contributed by atoms with Gasteiger partial charge in [-0.05, 0) is 66.0 Å². The molecule has 0 N–H and O–H groups in total. The van der Waals surface area contributed by atoms with Crippen molar-refractivity contribution in [3.8, 4) is 0 Å². The summed E-state index contributed by atoms with van der Waals surface area (Å²) in [6.45, 7) is 10.7. The van der Waals surface area contributed by atoms with Gasteiger partial charge >= 0.3 is 11.9 Å². The molecule has 0 bridgehead atoms. The van der Waals surface area contributed by atoms with E-state index >= 15 is 0 Å². The first-order valence-electron chi connectivity index (χ1n) is 14.7. The highest BCUT2D eigenvalue weighted by molar-refractivity contribution is 6.29. The molecule has 2 aliphatic heterocycles. The zero-order valence-electron chi connectivity index (χ0n) is 25.4. The van der Waals surface area contributed by atoms with Crippen molar-refractivity contribution in [2.75, 3.05) is 4.90 Å². The molecule has 1 aliphatic carbocycles. The van der Waals surface area contributed by atoms with Crippen molar-refractivity contribution in [3.63, 3.8) is 0 Å². The van der Waals surface area contributed by atoms with E-state index in [0.29, 0.717) is 11.3 Å². The van der Waals surface area contributed by atoms with E-state index < -0.39 is 34.6 Å². The van der Waals surface area contributed by atoms with Crippen LogP contribution in [-0.2, 0) is 40.7 Å². The van der Waals surface area contributed by atoms with Crippen LogP contribution in [-0.4, -0.2) is 41.0 Å². The average molecular weight is 573 g/mol. The summed E-state index contributed by atoms with van der Waals surface area (Å²) in [6, 6.07) is 16.7. The molecule has 0 saturated heterocycles. The van der Waals surface area contributed by atoms with E-state index in [4.69, 9.17) is 19.2 Å². The number of fused-ring (bicyclic) bond motifs is 2. The SMILES string of the molecule is CC(C)(C)OC(=O)C1=C(C(=O)OC(C)(C)C)C2(OC1=NC1CCCCC1)C(=O)N(Cc1ccccc1)c1ccccc12. The van der Waals surface area contributed by atoms with Crippen LogP contribution in [0, 0.1) is 0 Å². The highest BCUT2D eigenvalue weighted by Crippen LogP contribution is 2.53. The van der Waals surface area contributed by atoms with Gasteiger partial charge in [-0.2, -0.15) is 0 Å². The summed E-state index contributed by atoms with van der Waals surface area (Å²) in [5.74, 6) is -2.12. The number of nitrogens with zero attached hydrogens (tertiary/aromatic N) is 2. The van der Waals surface area contributed by atoms with Crippen LogP contribution in [0.2, 0.25) is 0 Å². The summed E-state index contributed by atoms with van der Waals surface area (Å²) < 4.78 is 18.3. The van der Waals surface area contributed by atoms with Gasteiger partial charge in [-0.15, -0.1) is 0 Å². The lowest BCUT2D eigenvalue weighted by molar-refractivity contribution is -0.155. The molecule has 1 unspecified atom stereocenters. The van der Waals surface area contributed by atoms with Crippen molar-refractivity contribution in [2.45, 2.75) is 103 Å². The maximum atomic E-state index is 14.7. The fraction of sp³-hybridized carbons (Fsp3) is 0.471. The molecular weight excluding hydrogens is 532 g/mol. The molecule has 3 aliphatic rings. The number of amides is 1. The summed E-state index contributed by atoms with van der Waals surface area (Å²) >= 11 is 0. The lowest BCUT2D eigenvalue weighted by Gasteiger charge is -2.28. The maximum absolute atomic E-state index is 14.7. The van der Waals surface area contributed by atoms with E-state index in [0.717, 1.165) is 37.7 Å². The minimum atomic E-state index is -1.95. The van der Waals surface area contributed by atoms with Gasteiger partial charge < -0.3 is 19.1 Å². The second-order valence-electron chi connectivity index (χ2n) is 13.2. The van der Waals surface area contributed by atoms with Crippen LogP contribution in [0.15, 0.2) is 70.7 Å². The van der Waals surface area contributed by atoms with Crippen LogP contribution in [0.5, 0.6) is 0 Å². The van der Waals surface area contributed by atoms with Crippen LogP contribution in [0.1, 0.15) is 84.8 Å². The Kier molecular flexibility index (Phi) is 7.77. The van der Waals surface area contributed by atoms with E-state index in [1.54, 1.807) is 58.6 Å². The van der Waals surface area contributed by atoms with E-state index in [2.05, 4.69) is 0 Å². The van der Waals surface area contributed by atoms with E-state index in [1.165, 1.54) is 0 Å². The Bertz CT molecular complexity index is 1440. The predicted molar refractivity (Wildman–Crippen MR) is 160 cm³/mol. The van der Waals surface area contributed by atoms with Gasteiger partial charge in [0.25, 0.3) is 5.91 Å². The van der Waals surface area contributed by atoms with Crippen molar-refractivity contribution in [3.05, 3.63) is 76.9 Å². The molecule has 1 spiro atoms. The van der Waals surface area contributed by atoms with Crippen LogP contribution in [0.4, 0.5) is 5.69 Å². The molecule has 2 aromatic carbocycles. The van der Waals surface area contributed by atoms with Gasteiger partial charge in [0.1, 0.15) is 22.3 Å². The zero-order chi connectivity index (χ0) is 30.3. The largest absolute Gasteiger partial charge is 0.456 e. The Hall–Kier alpha value is -3.94. The van der Waals surface area contributed by atoms with Crippen molar-refractivity contribution in [1.82, 2.24) is 0 Å². The fourth-order valence-corrected chi connectivity index (χ4v) is 5.77. The summed E-state index contributed by atoms with van der Waals surface area (Å²) in [6.07, 6.45) is 4.78. The lowest BCUT2D eigenvalue weighted by Crippen LogP contribution is -2.45. The molecule has 8 nitrogen and oxygen atoms in total. The zero-order valence-corrected chi connectivity index (χ0v) is 25.4. The Balaban J connectivity index is 1.75. The third-order valence-electron chi connectivity index (χ3n) is 7.45. The summed E-state index contributed by atoms with van der Waals surface area (Å²) in [4.78, 5) is 49.3. The Morgan fingerprint density at radius 1 is 0.881 bits per heavy atom. The van der Waals surface area contributed by atoms with Crippen LogP contribution in [0.3, 0.4) is 0 Å². The molecule has 1 atom stereocenters. The Morgan fingerprint density at radius 3 is 2.12 bits per heavy atom. The van der Waals surface area contributed by atoms with Gasteiger partial charge in [0.15, 0.2) is 0 Å². The first-order valence-corrected chi connectivity index (χ1v) is 14.7. The normalized spacial score (nSPS) is 22.0. The number of para-hydroxylation sites is 1. The molecule has 222 valence electrons. The number of carbonyl (C=O) groups is 3. The number of ether oxygens (including phenoxy) is 3. The second-order valence-corrected chi connectivity index (χ2v) is 13.2. The second kappa shape index (κ2) is 11.0. The number of hydrogen-bond donors (Lipinski definition) is 0. The number of carbonyl (C=O) groups excluding carboxylic acids is 3. The Morgan fingerprint density at radius 2 is 1.48 bits per heavy atom. The molecule has 0 radical (unpaired) electrons. The number of aliphatic imine (C=N–C) groups is 1. The molecule has 1 fully saturated rings. The van der Waals surface area contributed by atoms with E-state index in [9.17, 15) is 14.4 Å². The summed E-state index contributed by atoms with van der Waals surface area (Å²) in [5.41, 5.74) is -2.10. The first kappa shape index (κ1) is 29.5. The molecule has 8 heteroatoms. The van der Waals surface area contributed by atoms with Crippen molar-refractivity contribution < 1.29 is 28.6 Å². The van der Waals surface area contributed by atoms with Crippen LogP contribution < -0.4 is 4.90 Å². The quantitative estimate of drug-likeness (QED) is 0.398. The van der Waals surface area contributed by atoms with Gasteiger partial charge in [-0.1, -0.05) is 67.8 Å². The number of hydrogen-bond acceptors (Lipinski definition) is 7. The molecule has 2 aromatic rings. The monoisotopic (exact) mass is 572 g/mol. The van der Waals surface area contributed by atoms with E-state index in [1.807, 2.05) is 42.5 Å². The van der Waals surface area contributed by atoms with Gasteiger partial charge in [-0.3, -0.25) is 4.79 Å². The Labute approximate surface area is 247 Å². The van der Waals surface area contributed by atoms with Gasteiger partial charge in [0.05, 0.1) is 18.3 Å². The topological polar surface area (TPSA) is 94.5 Å². The van der Waals surface area contributed by atoms with Crippen molar-refractivity contribution in [2.24, 2.45) is 4.99 Å². The molecular formula is C34H40N2O6. The number of benzene rings is 2. The van der Waals surface area contributed by atoms with Crippen LogP contribution >= 0.6 is 0 Å². The van der Waals surface area contributed by atoms with Gasteiger partial charge in [-0.25, -0.2) is 14.6 Å². The number of anilines is 1. The van der Waals surface area contributed by atoms with Crippen LogP contribution in [0.25, 0.3) is 0 Å². The highest BCUT2D eigenvalue weighted by Gasteiger charge is 2.65. The fourth-order valence-electron chi connectivity index (χ4n) is 5.77.